The molecule has 1 heteroatoms. The fourth-order valence-electron chi connectivity index (χ4n) is 1.95. The Balaban J connectivity index is 2.37. The second-order valence-electron chi connectivity index (χ2n) is 4.31. The fourth-order valence-corrected chi connectivity index (χ4v) is 1.95. The minimum absolute atomic E-state index is 0.186. The second kappa shape index (κ2) is 4.48. The molecule has 0 unspecified atom stereocenters. The summed E-state index contributed by atoms with van der Waals surface area (Å²) in [6.45, 7) is 4.01. The van der Waals surface area contributed by atoms with E-state index in [9.17, 15) is 4.79 Å². The average molecular weight is 212 g/mol. The highest BCUT2D eigenvalue weighted by atomic mass is 16.1. The lowest BCUT2D eigenvalue weighted by Gasteiger charge is -2.10. The van der Waals surface area contributed by atoms with Gasteiger partial charge in [-0.2, -0.15) is 0 Å². The van der Waals surface area contributed by atoms with E-state index >= 15 is 0 Å². The summed E-state index contributed by atoms with van der Waals surface area (Å²) in [7, 11) is 0. The maximum absolute atomic E-state index is 12.3. The molecule has 0 fully saturated rings. The summed E-state index contributed by atoms with van der Waals surface area (Å²) in [6, 6.07) is 6.04. The Morgan fingerprint density at radius 1 is 1.25 bits per heavy atom. The van der Waals surface area contributed by atoms with Crippen molar-refractivity contribution in [3.05, 3.63) is 58.7 Å². The van der Waals surface area contributed by atoms with Gasteiger partial charge in [0.05, 0.1) is 0 Å². The van der Waals surface area contributed by atoms with E-state index in [1.54, 1.807) is 0 Å². The van der Waals surface area contributed by atoms with Gasteiger partial charge in [0, 0.05) is 11.1 Å². The van der Waals surface area contributed by atoms with Crippen molar-refractivity contribution in [1.82, 2.24) is 0 Å². The minimum Gasteiger partial charge on any atom is -0.289 e. The van der Waals surface area contributed by atoms with Crippen LogP contribution in [-0.2, 0) is 0 Å². The van der Waals surface area contributed by atoms with E-state index in [1.165, 1.54) is 0 Å². The van der Waals surface area contributed by atoms with Crippen molar-refractivity contribution in [3.63, 3.8) is 0 Å². The van der Waals surface area contributed by atoms with Crippen molar-refractivity contribution in [3.8, 4) is 0 Å². The first kappa shape index (κ1) is 10.9. The lowest BCUT2D eigenvalue weighted by molar-refractivity contribution is 0.103. The normalized spacial score (nSPS) is 14.8. The first-order valence-electron chi connectivity index (χ1n) is 5.66. The molecule has 1 aromatic rings. The predicted octanol–water partition coefficient (Wildman–Crippen LogP) is 3.76. The Hall–Kier alpha value is -1.63. The molecule has 0 atom stereocenters. The third-order valence-electron chi connectivity index (χ3n) is 2.94. The molecule has 16 heavy (non-hydrogen) atoms. The summed E-state index contributed by atoms with van der Waals surface area (Å²) >= 11 is 0. The smallest absolute Gasteiger partial charge is 0.189 e. The van der Waals surface area contributed by atoms with Crippen LogP contribution in [0, 0.1) is 13.8 Å². The van der Waals surface area contributed by atoms with Crippen molar-refractivity contribution < 1.29 is 4.79 Å². The lowest BCUT2D eigenvalue weighted by atomic mass is 9.93. The summed E-state index contributed by atoms with van der Waals surface area (Å²) in [5.41, 5.74) is 3.98. The average Bonchev–Trinajstić information content (AvgIpc) is 2.32. The summed E-state index contributed by atoms with van der Waals surface area (Å²) in [5.74, 6) is 0.186. The third kappa shape index (κ3) is 2.13. The van der Waals surface area contributed by atoms with Crippen molar-refractivity contribution in [2.75, 3.05) is 0 Å². The van der Waals surface area contributed by atoms with Crippen LogP contribution in [0.4, 0.5) is 0 Å². The number of carbonyl (C=O) groups is 1. The van der Waals surface area contributed by atoms with Crippen LogP contribution in [0.5, 0.6) is 0 Å². The van der Waals surface area contributed by atoms with Gasteiger partial charge in [0.15, 0.2) is 5.78 Å². The highest BCUT2D eigenvalue weighted by Crippen LogP contribution is 2.20. The maximum atomic E-state index is 12.3. The van der Waals surface area contributed by atoms with Crippen molar-refractivity contribution in [2.24, 2.45) is 0 Å². The van der Waals surface area contributed by atoms with E-state index in [2.05, 4.69) is 6.08 Å². The molecular weight excluding hydrogens is 196 g/mol. The number of rotatable bonds is 2. The van der Waals surface area contributed by atoms with Crippen LogP contribution >= 0.6 is 0 Å². The van der Waals surface area contributed by atoms with Gasteiger partial charge in [-0.25, -0.2) is 0 Å². The Bertz CT molecular complexity index is 478. The van der Waals surface area contributed by atoms with E-state index in [1.807, 2.05) is 44.2 Å². The number of hydrogen-bond donors (Lipinski definition) is 0. The number of benzene rings is 1. The van der Waals surface area contributed by atoms with Crippen LogP contribution in [0.2, 0.25) is 0 Å². The van der Waals surface area contributed by atoms with E-state index < -0.39 is 0 Å². The molecule has 1 nitrogen and oxygen atoms in total. The van der Waals surface area contributed by atoms with E-state index in [-0.39, 0.29) is 5.78 Å². The van der Waals surface area contributed by atoms with Crippen LogP contribution in [0.3, 0.4) is 0 Å². The Morgan fingerprint density at radius 2 is 2.06 bits per heavy atom. The third-order valence-corrected chi connectivity index (χ3v) is 2.94. The van der Waals surface area contributed by atoms with Gasteiger partial charge in [0.25, 0.3) is 0 Å². The maximum Gasteiger partial charge on any atom is 0.189 e. The number of carbonyl (C=O) groups excluding carboxylic acids is 1. The molecule has 0 bridgehead atoms. The number of ketones is 1. The highest BCUT2D eigenvalue weighted by Gasteiger charge is 2.14. The quantitative estimate of drug-likeness (QED) is 0.682. The molecule has 0 aliphatic heterocycles. The molecule has 2 rings (SSSR count). The lowest BCUT2D eigenvalue weighted by Crippen LogP contribution is -2.07. The van der Waals surface area contributed by atoms with Crippen LogP contribution in [0.1, 0.15) is 34.3 Å². The SMILES string of the molecule is Cc1ccc(C)c(C(=O)C2=CC=CCC2)c1. The Kier molecular flexibility index (Phi) is 3.04. The van der Waals surface area contributed by atoms with Gasteiger partial charge in [-0.15, -0.1) is 0 Å². The first-order valence-corrected chi connectivity index (χ1v) is 5.66. The van der Waals surface area contributed by atoms with Crippen LogP contribution in [0.25, 0.3) is 0 Å². The first-order chi connectivity index (χ1) is 7.68. The number of aryl methyl sites for hydroxylation is 2. The molecule has 1 aliphatic carbocycles. The number of allylic oxidation sites excluding steroid dienone is 4. The zero-order valence-electron chi connectivity index (χ0n) is 9.79. The van der Waals surface area contributed by atoms with Crippen LogP contribution in [0.15, 0.2) is 42.0 Å². The van der Waals surface area contributed by atoms with Gasteiger partial charge < -0.3 is 0 Å². The van der Waals surface area contributed by atoms with Gasteiger partial charge in [-0.05, 0) is 38.3 Å². The second-order valence-corrected chi connectivity index (χ2v) is 4.31. The summed E-state index contributed by atoms with van der Waals surface area (Å²) in [5, 5.41) is 0. The van der Waals surface area contributed by atoms with Crippen molar-refractivity contribution in [1.29, 1.82) is 0 Å². The summed E-state index contributed by atoms with van der Waals surface area (Å²) < 4.78 is 0. The molecule has 0 aromatic heterocycles. The van der Waals surface area contributed by atoms with Gasteiger partial charge >= 0.3 is 0 Å². The molecule has 0 radical (unpaired) electrons. The highest BCUT2D eigenvalue weighted by molar-refractivity contribution is 6.10. The molecule has 82 valence electrons. The Morgan fingerprint density at radius 3 is 2.75 bits per heavy atom. The fraction of sp³-hybridized carbons (Fsp3) is 0.267. The molecule has 0 saturated carbocycles. The monoisotopic (exact) mass is 212 g/mol. The molecule has 1 aliphatic rings. The minimum atomic E-state index is 0.186. The molecule has 0 amide bonds. The van der Waals surface area contributed by atoms with Gasteiger partial charge in [0.1, 0.15) is 0 Å². The van der Waals surface area contributed by atoms with Crippen LogP contribution < -0.4 is 0 Å². The molecule has 0 N–H and O–H groups in total. The standard InChI is InChI=1S/C15H16O/c1-11-8-9-12(2)14(10-11)15(16)13-6-4-3-5-7-13/h3-4,6,8-10H,5,7H2,1-2H3. The van der Waals surface area contributed by atoms with E-state index in [0.717, 1.165) is 35.1 Å². The summed E-state index contributed by atoms with van der Waals surface area (Å²) in [4.78, 5) is 12.3. The topological polar surface area (TPSA) is 17.1 Å². The molecule has 0 saturated heterocycles. The van der Waals surface area contributed by atoms with Gasteiger partial charge in [-0.3, -0.25) is 4.79 Å². The largest absolute Gasteiger partial charge is 0.289 e. The van der Waals surface area contributed by atoms with Crippen molar-refractivity contribution >= 4 is 5.78 Å². The molecule has 1 aromatic carbocycles. The Labute approximate surface area is 96.5 Å². The van der Waals surface area contributed by atoms with Crippen molar-refractivity contribution in [2.45, 2.75) is 26.7 Å². The summed E-state index contributed by atoms with van der Waals surface area (Å²) in [6.07, 6.45) is 7.85. The zero-order chi connectivity index (χ0) is 11.5. The van der Waals surface area contributed by atoms with Crippen LogP contribution in [-0.4, -0.2) is 5.78 Å². The zero-order valence-corrected chi connectivity index (χ0v) is 9.79. The molecular formula is C15H16O. The number of hydrogen-bond acceptors (Lipinski definition) is 1. The molecule has 0 heterocycles. The van der Waals surface area contributed by atoms with E-state index in [0.29, 0.717) is 0 Å². The van der Waals surface area contributed by atoms with Gasteiger partial charge in [-0.1, -0.05) is 35.9 Å². The predicted molar refractivity (Wildman–Crippen MR) is 66.7 cm³/mol. The number of Topliss-reactive ketones (excluding diaryl/α,β-unsaturated/α-hetero) is 1. The molecule has 0 spiro atoms. The van der Waals surface area contributed by atoms with Gasteiger partial charge in [0.2, 0.25) is 0 Å². The van der Waals surface area contributed by atoms with E-state index in [4.69, 9.17) is 0 Å².